The molecule has 156 valence electrons. The first-order chi connectivity index (χ1) is 14.4. The number of hydrogen-bond donors (Lipinski definition) is 3. The third kappa shape index (κ3) is 4.38. The highest BCUT2D eigenvalue weighted by Crippen LogP contribution is 2.33. The molecule has 0 bridgehead atoms. The first-order valence-electron chi connectivity index (χ1n) is 9.56. The molecule has 0 spiro atoms. The lowest BCUT2D eigenvalue weighted by Crippen LogP contribution is -2.44. The molecular formula is C21H22Cl2N6O. The van der Waals surface area contributed by atoms with Gasteiger partial charge in [0.25, 0.3) is 5.91 Å². The summed E-state index contributed by atoms with van der Waals surface area (Å²) < 4.78 is 0. The van der Waals surface area contributed by atoms with Crippen LogP contribution in [0.25, 0.3) is 11.3 Å². The molecule has 1 aliphatic rings. The van der Waals surface area contributed by atoms with Crippen LogP contribution in [0.5, 0.6) is 0 Å². The minimum absolute atomic E-state index is 0.219. The van der Waals surface area contributed by atoms with E-state index >= 15 is 0 Å². The third-order valence-electron chi connectivity index (χ3n) is 5.20. The van der Waals surface area contributed by atoms with Crippen molar-refractivity contribution in [1.29, 1.82) is 0 Å². The van der Waals surface area contributed by atoms with Gasteiger partial charge in [0.05, 0.1) is 21.4 Å². The number of hydrogen-bond acceptors (Lipinski definition) is 5. The normalized spacial score (nSPS) is 14.7. The smallest absolute Gasteiger partial charge is 0.256 e. The SMILES string of the molecule is CN1CCN(c2ccc(C(=O)Nc3cc(-c4cc(Cl)c(N)c(Cl)c4)n[nH]3)cc2)CC1. The van der Waals surface area contributed by atoms with Gasteiger partial charge in [0.1, 0.15) is 5.82 Å². The second-order valence-corrected chi connectivity index (χ2v) is 8.13. The van der Waals surface area contributed by atoms with E-state index in [0.717, 1.165) is 31.9 Å². The third-order valence-corrected chi connectivity index (χ3v) is 5.82. The maximum Gasteiger partial charge on any atom is 0.256 e. The van der Waals surface area contributed by atoms with E-state index < -0.39 is 0 Å². The number of rotatable bonds is 4. The van der Waals surface area contributed by atoms with Crippen LogP contribution in [-0.4, -0.2) is 54.2 Å². The zero-order valence-electron chi connectivity index (χ0n) is 16.5. The van der Waals surface area contributed by atoms with Gasteiger partial charge in [0, 0.05) is 49.1 Å². The number of aromatic amines is 1. The van der Waals surface area contributed by atoms with Crippen LogP contribution in [0.3, 0.4) is 0 Å². The number of aromatic nitrogens is 2. The fraction of sp³-hybridized carbons (Fsp3) is 0.238. The molecule has 0 unspecified atom stereocenters. The zero-order chi connectivity index (χ0) is 21.3. The zero-order valence-corrected chi connectivity index (χ0v) is 18.0. The molecule has 4 N–H and O–H groups in total. The van der Waals surface area contributed by atoms with E-state index in [9.17, 15) is 4.79 Å². The number of nitrogens with zero attached hydrogens (tertiary/aromatic N) is 3. The summed E-state index contributed by atoms with van der Waals surface area (Å²) in [7, 11) is 2.13. The number of nitrogens with one attached hydrogen (secondary N) is 2. The molecule has 0 radical (unpaired) electrons. The van der Waals surface area contributed by atoms with Crippen LogP contribution < -0.4 is 16.0 Å². The van der Waals surface area contributed by atoms with Gasteiger partial charge >= 0.3 is 0 Å². The van der Waals surface area contributed by atoms with Gasteiger partial charge in [-0.2, -0.15) is 5.10 Å². The molecule has 4 rings (SSSR count). The second kappa shape index (κ2) is 8.55. The molecule has 3 aromatic rings. The number of likely N-dealkylation sites (N-methyl/N-ethyl adjacent to an activating group) is 1. The van der Waals surface area contributed by atoms with Crippen molar-refractivity contribution in [3.05, 3.63) is 58.1 Å². The van der Waals surface area contributed by atoms with Crippen LogP contribution >= 0.6 is 23.2 Å². The van der Waals surface area contributed by atoms with Crippen LogP contribution in [0.15, 0.2) is 42.5 Å². The first-order valence-corrected chi connectivity index (χ1v) is 10.3. The average Bonchev–Trinajstić information content (AvgIpc) is 3.21. The minimum atomic E-state index is -0.219. The lowest BCUT2D eigenvalue weighted by Gasteiger charge is -2.34. The van der Waals surface area contributed by atoms with E-state index in [1.165, 1.54) is 0 Å². The van der Waals surface area contributed by atoms with Crippen molar-refractivity contribution in [1.82, 2.24) is 15.1 Å². The maximum absolute atomic E-state index is 12.6. The van der Waals surface area contributed by atoms with E-state index in [1.807, 2.05) is 24.3 Å². The van der Waals surface area contributed by atoms with Crippen molar-refractivity contribution < 1.29 is 4.79 Å². The summed E-state index contributed by atoms with van der Waals surface area (Å²) in [6.45, 7) is 4.04. The molecular weight excluding hydrogens is 423 g/mol. The summed E-state index contributed by atoms with van der Waals surface area (Å²) in [6, 6.07) is 12.7. The molecule has 2 heterocycles. The Bertz CT molecular complexity index is 1030. The topological polar surface area (TPSA) is 90.3 Å². The molecule has 0 saturated carbocycles. The number of anilines is 3. The van der Waals surface area contributed by atoms with E-state index in [0.29, 0.717) is 38.4 Å². The number of benzene rings is 2. The largest absolute Gasteiger partial charge is 0.396 e. The number of H-pyrrole nitrogens is 1. The predicted octanol–water partition coefficient (Wildman–Crippen LogP) is 3.97. The van der Waals surface area contributed by atoms with E-state index in [1.54, 1.807) is 18.2 Å². The molecule has 1 saturated heterocycles. The van der Waals surface area contributed by atoms with Crippen LogP contribution in [0.2, 0.25) is 10.0 Å². The number of nitrogens with two attached hydrogens (primary N) is 1. The number of carbonyl (C=O) groups is 1. The molecule has 1 aromatic heterocycles. The summed E-state index contributed by atoms with van der Waals surface area (Å²) in [5.41, 5.74) is 9.10. The Balaban J connectivity index is 1.43. The molecule has 9 heteroatoms. The molecule has 1 fully saturated rings. The Hall–Kier alpha value is -2.74. The van der Waals surface area contributed by atoms with Crippen LogP contribution in [0.1, 0.15) is 10.4 Å². The van der Waals surface area contributed by atoms with E-state index in [2.05, 4.69) is 32.4 Å². The fourth-order valence-corrected chi connectivity index (χ4v) is 3.84. The molecule has 0 aliphatic carbocycles. The number of amides is 1. The molecule has 2 aromatic carbocycles. The van der Waals surface area contributed by atoms with Gasteiger partial charge in [-0.25, -0.2) is 0 Å². The summed E-state index contributed by atoms with van der Waals surface area (Å²) >= 11 is 12.2. The highest BCUT2D eigenvalue weighted by atomic mass is 35.5. The lowest BCUT2D eigenvalue weighted by molar-refractivity contribution is 0.102. The Morgan fingerprint density at radius 2 is 1.70 bits per heavy atom. The Morgan fingerprint density at radius 1 is 1.07 bits per heavy atom. The quantitative estimate of drug-likeness (QED) is 0.529. The minimum Gasteiger partial charge on any atom is -0.396 e. The summed E-state index contributed by atoms with van der Waals surface area (Å²) in [4.78, 5) is 17.2. The number of halogens is 2. The summed E-state index contributed by atoms with van der Waals surface area (Å²) in [6.07, 6.45) is 0. The predicted molar refractivity (Wildman–Crippen MR) is 123 cm³/mol. The van der Waals surface area contributed by atoms with Gasteiger partial charge in [-0.1, -0.05) is 23.2 Å². The van der Waals surface area contributed by atoms with Crippen LogP contribution in [0.4, 0.5) is 17.2 Å². The van der Waals surface area contributed by atoms with Gasteiger partial charge < -0.3 is 20.9 Å². The highest BCUT2D eigenvalue weighted by Gasteiger charge is 2.15. The van der Waals surface area contributed by atoms with Crippen molar-refractivity contribution in [3.8, 4) is 11.3 Å². The van der Waals surface area contributed by atoms with Crippen molar-refractivity contribution in [3.63, 3.8) is 0 Å². The second-order valence-electron chi connectivity index (χ2n) is 7.31. The van der Waals surface area contributed by atoms with Gasteiger partial charge in [0.15, 0.2) is 0 Å². The van der Waals surface area contributed by atoms with Gasteiger partial charge in [-0.3, -0.25) is 9.89 Å². The number of carbonyl (C=O) groups excluding carboxylic acids is 1. The van der Waals surface area contributed by atoms with Crippen LogP contribution in [-0.2, 0) is 0 Å². The van der Waals surface area contributed by atoms with Crippen LogP contribution in [0, 0.1) is 0 Å². The summed E-state index contributed by atoms with van der Waals surface area (Å²) in [5, 5.41) is 10.6. The molecule has 0 atom stereocenters. The van der Waals surface area contributed by atoms with Gasteiger partial charge in [-0.15, -0.1) is 0 Å². The van der Waals surface area contributed by atoms with Gasteiger partial charge in [0.2, 0.25) is 0 Å². The first kappa shape index (κ1) is 20.5. The molecule has 7 nitrogen and oxygen atoms in total. The number of nitrogen functional groups attached to an aromatic ring is 1. The number of piperazine rings is 1. The van der Waals surface area contributed by atoms with E-state index in [4.69, 9.17) is 28.9 Å². The monoisotopic (exact) mass is 444 g/mol. The molecule has 1 amide bonds. The summed E-state index contributed by atoms with van der Waals surface area (Å²) in [5.74, 6) is 0.255. The maximum atomic E-state index is 12.6. The Kier molecular flexibility index (Phi) is 5.85. The van der Waals surface area contributed by atoms with Gasteiger partial charge in [-0.05, 0) is 43.4 Å². The highest BCUT2D eigenvalue weighted by molar-refractivity contribution is 6.39. The van der Waals surface area contributed by atoms with Crippen molar-refractivity contribution >= 4 is 46.3 Å². The molecule has 1 aliphatic heterocycles. The van der Waals surface area contributed by atoms with Crippen molar-refractivity contribution in [2.75, 3.05) is 49.2 Å². The van der Waals surface area contributed by atoms with Crippen molar-refractivity contribution in [2.24, 2.45) is 0 Å². The lowest BCUT2D eigenvalue weighted by atomic mass is 10.1. The Labute approximate surface area is 184 Å². The Morgan fingerprint density at radius 3 is 2.33 bits per heavy atom. The standard InChI is InChI=1S/C21H22Cl2N6O/c1-28-6-8-29(9-7-28)15-4-2-13(3-5-15)21(30)25-19-12-18(26-27-19)14-10-16(22)20(24)17(23)11-14/h2-5,10-12H,6-9,24H2,1H3,(H2,25,26,27,30). The molecule has 30 heavy (non-hydrogen) atoms. The van der Waals surface area contributed by atoms with E-state index in [-0.39, 0.29) is 5.91 Å². The fourth-order valence-electron chi connectivity index (χ4n) is 3.35. The average molecular weight is 445 g/mol. The van der Waals surface area contributed by atoms with Crippen molar-refractivity contribution in [2.45, 2.75) is 0 Å².